The maximum absolute atomic E-state index is 12.3. The topological polar surface area (TPSA) is 56.4 Å². The highest BCUT2D eigenvalue weighted by Crippen LogP contribution is 2.39. The van der Waals surface area contributed by atoms with Crippen molar-refractivity contribution in [3.63, 3.8) is 0 Å². The number of nitrogens with one attached hydrogen (secondary N) is 1. The van der Waals surface area contributed by atoms with Crippen LogP contribution in [0.25, 0.3) is 27.6 Å². The SMILES string of the molecule is C=C(CC)c1cc(-c2csc(CN(C)C(C)C)c2)cc2c(C3CCN(S(=O)(=O)CC)CC3)c[nH]c12. The number of aromatic amines is 1. The average Bonchev–Trinajstić information content (AvgIpc) is 3.50. The van der Waals surface area contributed by atoms with Gasteiger partial charge in [-0.15, -0.1) is 11.3 Å². The molecule has 35 heavy (non-hydrogen) atoms. The average molecular weight is 514 g/mol. The first-order valence-electron chi connectivity index (χ1n) is 12.7. The Kier molecular flexibility index (Phi) is 7.91. The number of fused-ring (bicyclic) bond motifs is 1. The van der Waals surface area contributed by atoms with Gasteiger partial charge in [-0.1, -0.05) is 13.5 Å². The van der Waals surface area contributed by atoms with Crippen LogP contribution in [-0.2, 0) is 16.6 Å². The highest BCUT2D eigenvalue weighted by atomic mass is 32.2. The summed E-state index contributed by atoms with van der Waals surface area (Å²) in [6.07, 6.45) is 4.75. The van der Waals surface area contributed by atoms with Gasteiger partial charge in [-0.25, -0.2) is 12.7 Å². The zero-order valence-electron chi connectivity index (χ0n) is 21.7. The van der Waals surface area contributed by atoms with E-state index < -0.39 is 10.0 Å². The van der Waals surface area contributed by atoms with Crippen molar-refractivity contribution in [3.8, 4) is 11.1 Å². The van der Waals surface area contributed by atoms with E-state index in [1.807, 2.05) is 11.3 Å². The molecule has 0 bridgehead atoms. The molecule has 4 rings (SSSR count). The summed E-state index contributed by atoms with van der Waals surface area (Å²) in [6, 6.07) is 7.44. The summed E-state index contributed by atoms with van der Waals surface area (Å²) in [6.45, 7) is 14.8. The molecule has 1 aliphatic rings. The first-order valence-corrected chi connectivity index (χ1v) is 15.2. The van der Waals surface area contributed by atoms with Crippen LogP contribution in [0, 0.1) is 0 Å². The molecular weight excluding hydrogens is 474 g/mol. The van der Waals surface area contributed by atoms with E-state index in [1.54, 1.807) is 11.2 Å². The van der Waals surface area contributed by atoms with Crippen LogP contribution in [0.2, 0.25) is 0 Å². The molecule has 2 aromatic heterocycles. The lowest BCUT2D eigenvalue weighted by Gasteiger charge is -2.31. The lowest BCUT2D eigenvalue weighted by Crippen LogP contribution is -2.38. The molecule has 0 aliphatic carbocycles. The number of sulfonamides is 1. The molecule has 190 valence electrons. The van der Waals surface area contributed by atoms with Gasteiger partial charge in [0.1, 0.15) is 0 Å². The molecule has 3 aromatic rings. The van der Waals surface area contributed by atoms with E-state index in [4.69, 9.17) is 0 Å². The Labute approximate surface area is 214 Å². The van der Waals surface area contributed by atoms with E-state index in [0.29, 0.717) is 25.0 Å². The van der Waals surface area contributed by atoms with Crippen molar-refractivity contribution in [2.24, 2.45) is 0 Å². The molecule has 0 saturated carbocycles. The van der Waals surface area contributed by atoms with Crippen LogP contribution in [0.5, 0.6) is 0 Å². The second kappa shape index (κ2) is 10.6. The Bertz CT molecular complexity index is 1290. The third kappa shape index (κ3) is 5.43. The summed E-state index contributed by atoms with van der Waals surface area (Å²) in [5.41, 5.74) is 7.24. The molecule has 7 heteroatoms. The molecule has 0 unspecified atom stereocenters. The Morgan fingerprint density at radius 1 is 1.20 bits per heavy atom. The Hall–Kier alpha value is -1.93. The van der Waals surface area contributed by atoms with Crippen molar-refractivity contribution in [3.05, 3.63) is 52.4 Å². The fourth-order valence-electron chi connectivity index (χ4n) is 4.90. The quantitative estimate of drug-likeness (QED) is 0.347. The summed E-state index contributed by atoms with van der Waals surface area (Å²) in [7, 11) is -0.951. The van der Waals surface area contributed by atoms with E-state index in [9.17, 15) is 8.42 Å². The van der Waals surface area contributed by atoms with Crippen molar-refractivity contribution < 1.29 is 8.42 Å². The van der Waals surface area contributed by atoms with E-state index in [-0.39, 0.29) is 5.75 Å². The Balaban J connectivity index is 1.69. The molecule has 5 nitrogen and oxygen atoms in total. The third-order valence-electron chi connectivity index (χ3n) is 7.55. The predicted molar refractivity (Wildman–Crippen MR) is 151 cm³/mol. The maximum Gasteiger partial charge on any atom is 0.213 e. The van der Waals surface area contributed by atoms with Crippen LogP contribution in [0.3, 0.4) is 0 Å². The zero-order valence-corrected chi connectivity index (χ0v) is 23.4. The van der Waals surface area contributed by atoms with Crippen LogP contribution in [0.4, 0.5) is 0 Å². The first-order chi connectivity index (χ1) is 16.6. The lowest BCUT2D eigenvalue weighted by molar-refractivity contribution is 0.268. The largest absolute Gasteiger partial charge is 0.360 e. The fourth-order valence-corrected chi connectivity index (χ4v) is 6.99. The summed E-state index contributed by atoms with van der Waals surface area (Å²) >= 11 is 1.82. The monoisotopic (exact) mass is 513 g/mol. The molecule has 0 amide bonds. The predicted octanol–water partition coefficient (Wildman–Crippen LogP) is 6.69. The van der Waals surface area contributed by atoms with E-state index in [2.05, 4.69) is 74.1 Å². The molecule has 1 aromatic carbocycles. The standard InChI is InChI=1S/C28H39N3O2S2/c1-7-20(5)25-14-22(23-13-24(34-18-23)17-30(6)19(3)4)15-26-27(16-29-28(25)26)21-9-11-31(12-10-21)35(32,33)8-2/h13-16,18-19,21,29H,5,7-12,17H2,1-4,6H3. The third-order valence-corrected chi connectivity index (χ3v) is 10.4. The summed E-state index contributed by atoms with van der Waals surface area (Å²) in [5, 5.41) is 3.51. The molecule has 1 aliphatic heterocycles. The van der Waals surface area contributed by atoms with Gasteiger partial charge in [0.25, 0.3) is 0 Å². The summed E-state index contributed by atoms with van der Waals surface area (Å²) < 4.78 is 26.3. The van der Waals surface area contributed by atoms with Gasteiger partial charge >= 0.3 is 0 Å². The molecule has 1 fully saturated rings. The lowest BCUT2D eigenvalue weighted by atomic mass is 9.88. The molecule has 1 N–H and O–H groups in total. The Morgan fingerprint density at radius 2 is 1.91 bits per heavy atom. The van der Waals surface area contributed by atoms with Crippen molar-refractivity contribution in [1.29, 1.82) is 0 Å². The van der Waals surface area contributed by atoms with Gasteiger partial charge in [-0.05, 0) is 98.8 Å². The van der Waals surface area contributed by atoms with Crippen LogP contribution in [0.1, 0.15) is 68.9 Å². The zero-order chi connectivity index (χ0) is 25.3. The summed E-state index contributed by atoms with van der Waals surface area (Å²) in [4.78, 5) is 7.27. The first kappa shape index (κ1) is 26.1. The molecule has 0 spiro atoms. The van der Waals surface area contributed by atoms with E-state index in [0.717, 1.165) is 36.9 Å². The van der Waals surface area contributed by atoms with Crippen molar-refractivity contribution in [2.75, 3.05) is 25.9 Å². The number of allylic oxidation sites excluding steroid dienone is 1. The van der Waals surface area contributed by atoms with Gasteiger partial charge in [0, 0.05) is 47.7 Å². The minimum Gasteiger partial charge on any atom is -0.360 e. The van der Waals surface area contributed by atoms with E-state index >= 15 is 0 Å². The number of H-pyrrole nitrogens is 1. The smallest absolute Gasteiger partial charge is 0.213 e. The minimum absolute atomic E-state index is 0.173. The van der Waals surface area contributed by atoms with Gasteiger partial charge in [-0.3, -0.25) is 4.90 Å². The van der Waals surface area contributed by atoms with Crippen LogP contribution < -0.4 is 0 Å². The molecule has 0 radical (unpaired) electrons. The number of rotatable bonds is 9. The van der Waals surface area contributed by atoms with Crippen LogP contribution in [-0.4, -0.2) is 54.5 Å². The van der Waals surface area contributed by atoms with Crippen molar-refractivity contribution in [2.45, 2.75) is 65.5 Å². The number of nitrogens with zero attached hydrogens (tertiary/aromatic N) is 2. The number of hydrogen-bond donors (Lipinski definition) is 1. The number of benzene rings is 1. The molecule has 0 atom stereocenters. The maximum atomic E-state index is 12.3. The fraction of sp³-hybridized carbons (Fsp3) is 0.500. The van der Waals surface area contributed by atoms with Gasteiger partial charge in [0.15, 0.2) is 0 Å². The molecule has 3 heterocycles. The van der Waals surface area contributed by atoms with E-state index in [1.165, 1.54) is 32.5 Å². The minimum atomic E-state index is -3.12. The molecular formula is C28H39N3O2S2. The number of hydrogen-bond acceptors (Lipinski definition) is 4. The summed E-state index contributed by atoms with van der Waals surface area (Å²) in [5.74, 6) is 0.523. The number of piperidine rings is 1. The van der Waals surface area contributed by atoms with Gasteiger partial charge in [0.05, 0.1) is 11.3 Å². The normalized spacial score (nSPS) is 16.1. The highest BCUT2D eigenvalue weighted by molar-refractivity contribution is 7.89. The van der Waals surface area contributed by atoms with Gasteiger partial charge < -0.3 is 4.98 Å². The van der Waals surface area contributed by atoms with Crippen molar-refractivity contribution >= 4 is 37.8 Å². The second-order valence-corrected chi connectivity index (χ2v) is 13.3. The highest BCUT2D eigenvalue weighted by Gasteiger charge is 2.29. The van der Waals surface area contributed by atoms with Crippen molar-refractivity contribution in [1.82, 2.24) is 14.2 Å². The second-order valence-electron chi connectivity index (χ2n) is 10.0. The Morgan fingerprint density at radius 3 is 2.54 bits per heavy atom. The molecule has 1 saturated heterocycles. The van der Waals surface area contributed by atoms with Gasteiger partial charge in [-0.2, -0.15) is 0 Å². The van der Waals surface area contributed by atoms with Crippen LogP contribution >= 0.6 is 11.3 Å². The van der Waals surface area contributed by atoms with Gasteiger partial charge in [0.2, 0.25) is 10.0 Å². The number of thiophene rings is 1. The van der Waals surface area contributed by atoms with Crippen LogP contribution in [0.15, 0.2) is 36.4 Å². The number of aromatic nitrogens is 1.